The fourth-order valence-electron chi connectivity index (χ4n) is 2.84. The van der Waals surface area contributed by atoms with Gasteiger partial charge in [-0.05, 0) is 12.1 Å². The summed E-state index contributed by atoms with van der Waals surface area (Å²) in [5, 5.41) is 13.7. The van der Waals surface area contributed by atoms with Crippen LogP contribution in [0.25, 0.3) is 16.9 Å². The van der Waals surface area contributed by atoms with Gasteiger partial charge in [0, 0.05) is 37.3 Å². The van der Waals surface area contributed by atoms with Crippen molar-refractivity contribution in [3.63, 3.8) is 0 Å². The first kappa shape index (κ1) is 22.7. The molecule has 0 spiro atoms. The maximum Gasteiger partial charge on any atom is 0.433 e. The molecule has 3 N–H and O–H groups in total. The first-order valence-corrected chi connectivity index (χ1v) is 9.19. The average Bonchev–Trinajstić information content (AvgIpc) is 3.20. The Morgan fingerprint density at radius 1 is 1.41 bits per heavy atom. The van der Waals surface area contributed by atoms with E-state index >= 15 is 0 Å². The number of primary amides is 1. The van der Waals surface area contributed by atoms with Crippen molar-refractivity contribution in [3.8, 4) is 23.1 Å². The van der Waals surface area contributed by atoms with Crippen LogP contribution in [-0.2, 0) is 6.18 Å². The lowest BCUT2D eigenvalue weighted by Crippen LogP contribution is -2.17. The number of imidazole rings is 1. The zero-order valence-corrected chi connectivity index (χ0v) is 16.7. The highest BCUT2D eigenvalue weighted by Crippen LogP contribution is 2.32. The molecule has 0 saturated heterocycles. The van der Waals surface area contributed by atoms with E-state index in [1.165, 1.54) is 13.1 Å². The third-order valence-electron chi connectivity index (χ3n) is 4.42. The second-order valence-electron chi connectivity index (χ2n) is 6.79. The van der Waals surface area contributed by atoms with E-state index in [-0.39, 0.29) is 30.0 Å². The molecule has 3 rings (SSSR count). The molecule has 0 aliphatic rings. The summed E-state index contributed by atoms with van der Waals surface area (Å²) >= 11 is 0. The van der Waals surface area contributed by atoms with Crippen LogP contribution in [0.5, 0.6) is 0 Å². The minimum Gasteiger partial charge on any atom is -0.380 e. The molecule has 0 bridgehead atoms. The van der Waals surface area contributed by atoms with Crippen molar-refractivity contribution >= 4 is 11.6 Å². The Labute approximate surface area is 179 Å². The zero-order valence-electron chi connectivity index (χ0n) is 16.7. The molecular weight excluding hydrogens is 429 g/mol. The van der Waals surface area contributed by atoms with Crippen LogP contribution in [0.3, 0.4) is 0 Å². The van der Waals surface area contributed by atoms with Crippen molar-refractivity contribution in [2.24, 2.45) is 11.0 Å². The summed E-state index contributed by atoms with van der Waals surface area (Å²) in [5.74, 6) is 4.38. The SMILES string of the molecule is CN(CC[C@@H](O)C#Cc1cccc(-c2nc(C(N)=O)cn3c(C(F)(F)F)cnc23)c1)N=O. The maximum atomic E-state index is 13.3. The zero-order chi connectivity index (χ0) is 23.5. The number of nitroso groups, excluding NO2 is 1. The molecule has 2 heterocycles. The highest BCUT2D eigenvalue weighted by molar-refractivity contribution is 5.92. The summed E-state index contributed by atoms with van der Waals surface area (Å²) in [6.07, 6.45) is -4.00. The van der Waals surface area contributed by atoms with E-state index in [2.05, 4.69) is 27.1 Å². The number of carbonyl (C=O) groups excluding carboxylic acids is 1. The van der Waals surface area contributed by atoms with Gasteiger partial charge in [0.1, 0.15) is 23.2 Å². The molecule has 3 aromatic rings. The molecule has 166 valence electrons. The first-order valence-electron chi connectivity index (χ1n) is 9.19. The van der Waals surface area contributed by atoms with Gasteiger partial charge in [-0.25, -0.2) is 9.97 Å². The minimum atomic E-state index is -4.70. The Bertz CT molecular complexity index is 1230. The number of benzene rings is 1. The van der Waals surface area contributed by atoms with Crippen LogP contribution in [0.15, 0.2) is 41.9 Å². The molecule has 0 unspecified atom stereocenters. The van der Waals surface area contributed by atoms with Crippen LogP contribution in [0.2, 0.25) is 0 Å². The molecule has 1 atom stereocenters. The predicted molar refractivity (Wildman–Crippen MR) is 108 cm³/mol. The summed E-state index contributed by atoms with van der Waals surface area (Å²) in [5.41, 5.74) is 4.50. The van der Waals surface area contributed by atoms with Gasteiger partial charge >= 0.3 is 6.18 Å². The molecule has 0 radical (unpaired) electrons. The van der Waals surface area contributed by atoms with Gasteiger partial charge in [-0.1, -0.05) is 24.0 Å². The molecule has 12 heteroatoms. The number of alkyl halides is 3. The standard InChI is InChI=1S/C20H17F3N6O3/c1-28(27-32)8-7-14(30)6-5-12-3-2-4-13(9-12)17-19-25-10-16(20(21,22)23)29(19)11-15(26-17)18(24)31/h2-4,9-11,14,30H,7-8H2,1H3,(H2,24,31)/t14-/m0/s1. The number of nitrogens with zero attached hydrogens (tertiary/aromatic N) is 5. The lowest BCUT2D eigenvalue weighted by molar-refractivity contribution is -0.141. The van der Waals surface area contributed by atoms with E-state index in [0.717, 1.165) is 15.6 Å². The predicted octanol–water partition coefficient (Wildman–Crippen LogP) is 2.23. The summed E-state index contributed by atoms with van der Waals surface area (Å²) in [7, 11) is 1.46. The molecule has 0 aliphatic carbocycles. The van der Waals surface area contributed by atoms with Crippen LogP contribution in [0, 0.1) is 16.7 Å². The van der Waals surface area contributed by atoms with Crippen LogP contribution in [0.1, 0.15) is 28.2 Å². The number of nitrogens with two attached hydrogens (primary N) is 1. The lowest BCUT2D eigenvalue weighted by Gasteiger charge is -2.10. The van der Waals surface area contributed by atoms with Gasteiger partial charge in [-0.15, -0.1) is 4.91 Å². The second-order valence-corrected chi connectivity index (χ2v) is 6.79. The summed E-state index contributed by atoms with van der Waals surface area (Å²) in [6.45, 7) is 0.211. The second kappa shape index (κ2) is 9.03. The van der Waals surface area contributed by atoms with E-state index < -0.39 is 23.9 Å². The third-order valence-corrected chi connectivity index (χ3v) is 4.42. The van der Waals surface area contributed by atoms with E-state index in [9.17, 15) is 28.0 Å². The molecule has 0 fully saturated rings. The monoisotopic (exact) mass is 446 g/mol. The van der Waals surface area contributed by atoms with Gasteiger partial charge in [-0.2, -0.15) is 13.2 Å². The van der Waals surface area contributed by atoms with Gasteiger partial charge in [0.05, 0.1) is 11.5 Å². The molecule has 9 nitrogen and oxygen atoms in total. The number of aliphatic hydroxyl groups excluding tert-OH is 1. The maximum absolute atomic E-state index is 13.3. The van der Waals surface area contributed by atoms with E-state index in [1.54, 1.807) is 18.2 Å². The Balaban J connectivity index is 2.01. The quantitative estimate of drug-likeness (QED) is 0.340. The van der Waals surface area contributed by atoms with Crippen LogP contribution >= 0.6 is 0 Å². The number of hydrogen-bond acceptors (Lipinski definition) is 6. The Morgan fingerprint density at radius 3 is 2.81 bits per heavy atom. The van der Waals surface area contributed by atoms with Gasteiger partial charge in [0.15, 0.2) is 5.65 Å². The van der Waals surface area contributed by atoms with Gasteiger partial charge in [0.2, 0.25) is 0 Å². The number of fused-ring (bicyclic) bond motifs is 1. The minimum absolute atomic E-state index is 0.0136. The number of hydrogen-bond donors (Lipinski definition) is 2. The van der Waals surface area contributed by atoms with Crippen molar-refractivity contribution in [2.45, 2.75) is 18.7 Å². The van der Waals surface area contributed by atoms with Crippen LogP contribution in [0.4, 0.5) is 13.2 Å². The fourth-order valence-corrected chi connectivity index (χ4v) is 2.84. The molecule has 32 heavy (non-hydrogen) atoms. The van der Waals surface area contributed by atoms with Crippen LogP contribution in [-0.4, -0.2) is 50.1 Å². The topological polar surface area (TPSA) is 126 Å². The number of aromatic nitrogens is 3. The van der Waals surface area contributed by atoms with Crippen molar-refractivity contribution < 1.29 is 23.1 Å². The van der Waals surface area contributed by atoms with Gasteiger partial charge in [0.25, 0.3) is 5.91 Å². The molecule has 1 aromatic carbocycles. The number of aliphatic hydroxyl groups is 1. The van der Waals surface area contributed by atoms with Crippen LogP contribution < -0.4 is 5.73 Å². The number of rotatable bonds is 6. The first-order chi connectivity index (χ1) is 15.1. The average molecular weight is 446 g/mol. The fraction of sp³-hybridized carbons (Fsp3) is 0.250. The summed E-state index contributed by atoms with van der Waals surface area (Å²) in [6, 6.07) is 6.33. The van der Waals surface area contributed by atoms with E-state index in [1.807, 2.05) is 0 Å². The molecule has 0 aliphatic heterocycles. The highest BCUT2D eigenvalue weighted by atomic mass is 19.4. The number of halogens is 3. The van der Waals surface area contributed by atoms with Crippen molar-refractivity contribution in [1.29, 1.82) is 0 Å². The molecule has 0 saturated carbocycles. The van der Waals surface area contributed by atoms with Gasteiger partial charge < -0.3 is 10.8 Å². The smallest absolute Gasteiger partial charge is 0.380 e. The highest BCUT2D eigenvalue weighted by Gasteiger charge is 2.35. The number of amides is 1. The lowest BCUT2D eigenvalue weighted by atomic mass is 10.1. The number of carbonyl (C=O) groups is 1. The van der Waals surface area contributed by atoms with E-state index in [0.29, 0.717) is 17.3 Å². The summed E-state index contributed by atoms with van der Waals surface area (Å²) < 4.78 is 40.7. The van der Waals surface area contributed by atoms with Crippen molar-refractivity contribution in [2.75, 3.05) is 13.6 Å². The van der Waals surface area contributed by atoms with Gasteiger partial charge in [-0.3, -0.25) is 14.2 Å². The molecule has 1 amide bonds. The van der Waals surface area contributed by atoms with Crippen molar-refractivity contribution in [1.82, 2.24) is 19.4 Å². The van der Waals surface area contributed by atoms with E-state index in [4.69, 9.17) is 5.73 Å². The summed E-state index contributed by atoms with van der Waals surface area (Å²) in [4.78, 5) is 29.9. The molecule has 2 aromatic heterocycles. The third kappa shape index (κ3) is 5.01. The Morgan fingerprint density at radius 2 is 2.16 bits per heavy atom. The Hall–Kier alpha value is -3.98. The van der Waals surface area contributed by atoms with Crippen molar-refractivity contribution in [3.05, 3.63) is 58.5 Å². The Kier molecular flexibility index (Phi) is 6.40. The largest absolute Gasteiger partial charge is 0.433 e. The normalized spacial score (nSPS) is 12.2. The molecular formula is C20H17F3N6O3.